The van der Waals surface area contributed by atoms with Crippen LogP contribution in [0.3, 0.4) is 0 Å². The Labute approximate surface area is 167 Å². The molecular weight excluding hydrogens is 316 g/mol. The first-order valence-electron chi connectivity index (χ1n) is 13.4. The molecule has 0 aliphatic rings. The van der Waals surface area contributed by atoms with Gasteiger partial charge in [0, 0.05) is 8.22 Å². The maximum atomic E-state index is 10.6. The number of hydrogen-bond donors (Lipinski definition) is 1. The van der Waals surface area contributed by atoms with Crippen molar-refractivity contribution in [2.45, 2.75) is 38.5 Å². The summed E-state index contributed by atoms with van der Waals surface area (Å²) in [5.74, 6) is -0.590. The fourth-order valence-electron chi connectivity index (χ4n) is 1.93. The van der Waals surface area contributed by atoms with Gasteiger partial charge in [0.15, 0.2) is 11.5 Å². The summed E-state index contributed by atoms with van der Waals surface area (Å²) in [6.07, 6.45) is -14.6. The predicted molar refractivity (Wildman–Crippen MR) is 99.8 cm³/mol. The van der Waals surface area contributed by atoms with Crippen LogP contribution < -0.4 is 14.2 Å². The summed E-state index contributed by atoms with van der Waals surface area (Å²) in [6, 6.07) is 9.01. The van der Waals surface area contributed by atoms with Gasteiger partial charge in [-0.25, -0.2) is 0 Å². The maximum absolute atomic E-state index is 10.6. The van der Waals surface area contributed by atoms with Crippen LogP contribution in [0.2, 0.25) is 0 Å². The zero-order valence-corrected chi connectivity index (χ0v) is 13.9. The molecule has 0 radical (unpaired) electrons. The Morgan fingerprint density at radius 3 is 2.84 bits per heavy atom. The van der Waals surface area contributed by atoms with E-state index in [1.807, 2.05) is 0 Å². The van der Waals surface area contributed by atoms with E-state index in [2.05, 4.69) is 0 Å². The van der Waals surface area contributed by atoms with Crippen molar-refractivity contribution in [2.24, 2.45) is 0 Å². The summed E-state index contributed by atoms with van der Waals surface area (Å²) >= 11 is 0. The highest BCUT2D eigenvalue weighted by atomic mass is 16.5. The largest absolute Gasteiger partial charge is 0.493 e. The molecule has 25 heavy (non-hydrogen) atoms. The molecule has 0 spiro atoms. The first kappa shape index (κ1) is 8.45. The fraction of sp³-hybridized carbons (Fsp3) is 0.429. The van der Waals surface area contributed by atoms with E-state index in [1.54, 1.807) is 13.0 Å². The minimum absolute atomic E-state index is 0.101. The summed E-state index contributed by atoms with van der Waals surface area (Å²) in [4.78, 5) is 0. The molecule has 0 aliphatic carbocycles. The number of benzene rings is 2. The molecule has 0 fully saturated rings. The molecule has 1 unspecified atom stereocenters. The van der Waals surface area contributed by atoms with Crippen molar-refractivity contribution in [2.75, 3.05) is 20.7 Å². The molecule has 0 heterocycles. The zero-order chi connectivity index (χ0) is 28.7. The van der Waals surface area contributed by atoms with E-state index >= 15 is 0 Å². The molecule has 1 atom stereocenters. The summed E-state index contributed by atoms with van der Waals surface area (Å²) in [5.41, 5.74) is 0.288. The monoisotopic (exact) mass is 356 g/mol. The standard InChI is InChI=1S/C21H28O4/c1-16-7-6-10-19(13-16)25-15-18(22)9-5-4-8-17-11-12-20(23-2)21(14-17)24-3/h6-7,10-14,18,22H,4-5,8-9,15H2,1-3H3/i2D3,4D2,8D2,9D2,15D2,18D. The average Bonchev–Trinajstić information content (AvgIpc) is 2.71. The first-order chi connectivity index (χ1) is 16.6. The maximum Gasteiger partial charge on any atom is 0.160 e. The fourth-order valence-corrected chi connectivity index (χ4v) is 1.93. The SMILES string of the molecule is [2H]C([2H])([2H])Oc1ccc(C([2H])([2H])C([2H])([2H])CC([2H])([2H])C([2H])(O)C([2H])([2H])Oc2cccc(C)c2)cc1OC. The topological polar surface area (TPSA) is 47.9 Å². The van der Waals surface area contributed by atoms with Crippen LogP contribution in [0.25, 0.3) is 0 Å². The highest BCUT2D eigenvalue weighted by Gasteiger charge is 2.07. The molecule has 4 heteroatoms. The van der Waals surface area contributed by atoms with Gasteiger partial charge >= 0.3 is 0 Å². The minimum Gasteiger partial charge on any atom is -0.493 e. The molecule has 0 aliphatic heterocycles. The van der Waals surface area contributed by atoms with Crippen LogP contribution in [0.5, 0.6) is 17.2 Å². The third kappa shape index (κ3) is 6.31. The normalized spacial score (nSPS) is 23.0. The van der Waals surface area contributed by atoms with Gasteiger partial charge in [0.05, 0.1) is 28.5 Å². The highest BCUT2D eigenvalue weighted by Crippen LogP contribution is 2.28. The first-order valence-corrected chi connectivity index (χ1v) is 7.42. The number of rotatable bonds is 10. The number of aliphatic hydroxyl groups is 1. The van der Waals surface area contributed by atoms with Gasteiger partial charge < -0.3 is 19.3 Å². The second-order valence-corrected chi connectivity index (χ2v) is 4.99. The van der Waals surface area contributed by atoms with Crippen LogP contribution in [0.15, 0.2) is 42.5 Å². The molecule has 1 N–H and O–H groups in total. The molecule has 0 amide bonds. The van der Waals surface area contributed by atoms with Crippen LogP contribution in [-0.4, -0.2) is 31.9 Å². The van der Waals surface area contributed by atoms with Crippen molar-refractivity contribution in [1.29, 1.82) is 0 Å². The lowest BCUT2D eigenvalue weighted by Crippen LogP contribution is -2.17. The molecule has 2 aromatic carbocycles. The summed E-state index contributed by atoms with van der Waals surface area (Å²) in [5, 5.41) is 10.6. The van der Waals surface area contributed by atoms with Crippen molar-refractivity contribution in [1.82, 2.24) is 0 Å². The Kier molecular flexibility index (Phi) is 3.36. The third-order valence-corrected chi connectivity index (χ3v) is 3.11. The van der Waals surface area contributed by atoms with Crippen molar-refractivity contribution in [3.63, 3.8) is 0 Å². The van der Waals surface area contributed by atoms with Gasteiger partial charge in [0.2, 0.25) is 0 Å². The van der Waals surface area contributed by atoms with E-state index in [-0.39, 0.29) is 22.8 Å². The molecule has 2 rings (SSSR count). The van der Waals surface area contributed by atoms with E-state index in [0.717, 1.165) is 25.3 Å². The van der Waals surface area contributed by atoms with Crippen LogP contribution in [-0.2, 0) is 6.37 Å². The van der Waals surface area contributed by atoms with E-state index in [9.17, 15) is 5.11 Å². The van der Waals surface area contributed by atoms with Gasteiger partial charge in [-0.15, -0.1) is 0 Å². The van der Waals surface area contributed by atoms with Gasteiger partial charge in [0.1, 0.15) is 12.3 Å². The van der Waals surface area contributed by atoms with Crippen molar-refractivity contribution >= 4 is 0 Å². The quantitative estimate of drug-likeness (QED) is 0.694. The lowest BCUT2D eigenvalue weighted by Gasteiger charge is -2.13. The summed E-state index contributed by atoms with van der Waals surface area (Å²) in [6.45, 7) is -1.69. The number of methoxy groups -OCH3 is 2. The van der Waals surface area contributed by atoms with Gasteiger partial charge in [-0.05, 0) is 61.4 Å². The number of aryl methyl sites for hydroxylation is 2. The van der Waals surface area contributed by atoms with E-state index in [0.29, 0.717) is 5.56 Å². The van der Waals surface area contributed by atoms with Crippen molar-refractivity contribution < 1.29 is 35.8 Å². The second-order valence-electron chi connectivity index (χ2n) is 4.99. The number of hydrogen-bond acceptors (Lipinski definition) is 4. The van der Waals surface area contributed by atoms with Crippen LogP contribution in [0, 0.1) is 6.92 Å². The van der Waals surface area contributed by atoms with Gasteiger partial charge in [-0.3, -0.25) is 0 Å². The molecule has 2 aromatic rings. The Hall–Kier alpha value is -2.20. The van der Waals surface area contributed by atoms with Gasteiger partial charge in [0.25, 0.3) is 0 Å². The minimum atomic E-state index is -3.68. The van der Waals surface area contributed by atoms with Gasteiger partial charge in [-0.2, -0.15) is 0 Å². The third-order valence-electron chi connectivity index (χ3n) is 3.11. The molecule has 136 valence electrons. The molecule has 0 aromatic heterocycles. The van der Waals surface area contributed by atoms with Crippen LogP contribution in [0.1, 0.15) is 46.7 Å². The molecule has 0 saturated heterocycles. The Bertz CT molecular complexity index is 1100. The Morgan fingerprint density at radius 1 is 1.20 bits per heavy atom. The van der Waals surface area contributed by atoms with E-state index < -0.39 is 45.2 Å². The van der Waals surface area contributed by atoms with E-state index in [4.69, 9.17) is 30.7 Å². The zero-order valence-electron chi connectivity index (χ0n) is 25.9. The summed E-state index contributed by atoms with van der Waals surface area (Å²) < 4.78 is 110. The highest BCUT2D eigenvalue weighted by molar-refractivity contribution is 5.42. The van der Waals surface area contributed by atoms with Crippen LogP contribution >= 0.6 is 0 Å². The van der Waals surface area contributed by atoms with Gasteiger partial charge in [-0.1, -0.05) is 24.6 Å². The summed E-state index contributed by atoms with van der Waals surface area (Å²) in [7, 11) is -1.68. The molecule has 0 bridgehead atoms. The van der Waals surface area contributed by atoms with E-state index in [1.165, 1.54) is 18.2 Å². The lowest BCUT2D eigenvalue weighted by molar-refractivity contribution is 0.0976. The molecule has 0 saturated carbocycles. The molecule has 4 nitrogen and oxygen atoms in total. The Balaban J connectivity index is 2.38. The predicted octanol–water partition coefficient (Wildman–Crippen LogP) is 4.16. The van der Waals surface area contributed by atoms with Crippen molar-refractivity contribution in [3.05, 3.63) is 53.6 Å². The average molecular weight is 357 g/mol. The Morgan fingerprint density at radius 2 is 2.08 bits per heavy atom. The number of ether oxygens (including phenoxy) is 3. The smallest absolute Gasteiger partial charge is 0.160 e. The second kappa shape index (κ2) is 9.94. The van der Waals surface area contributed by atoms with Crippen molar-refractivity contribution in [3.8, 4) is 17.2 Å². The molecular formula is C21H28O4. The van der Waals surface area contributed by atoms with Crippen LogP contribution in [0.4, 0.5) is 0 Å². The lowest BCUT2D eigenvalue weighted by atomic mass is 10.0.